The molecule has 0 spiro atoms. The average Bonchev–Trinajstić information content (AvgIpc) is 3.32. The molecule has 0 radical (unpaired) electrons. The topological polar surface area (TPSA) is 55.1 Å². The highest BCUT2D eigenvalue weighted by Gasteiger charge is 2.48. The van der Waals surface area contributed by atoms with E-state index in [-0.39, 0.29) is 23.3 Å². The van der Waals surface area contributed by atoms with Crippen molar-refractivity contribution in [3.63, 3.8) is 0 Å². The van der Waals surface area contributed by atoms with Crippen LogP contribution in [-0.2, 0) is 4.79 Å². The smallest absolute Gasteiger partial charge is 0.224 e. The van der Waals surface area contributed by atoms with Crippen LogP contribution in [0.25, 0.3) is 0 Å². The quantitative estimate of drug-likeness (QED) is 0.875. The predicted molar refractivity (Wildman–Crippen MR) is 75.5 cm³/mol. The van der Waals surface area contributed by atoms with Crippen LogP contribution in [0.1, 0.15) is 37.7 Å². The molecule has 3 rings (SSSR count). The summed E-state index contributed by atoms with van der Waals surface area (Å²) in [5.41, 5.74) is 6.15. The molecule has 2 aliphatic carbocycles. The van der Waals surface area contributed by atoms with E-state index in [2.05, 4.69) is 5.32 Å². The second-order valence-electron chi connectivity index (χ2n) is 6.51. The van der Waals surface area contributed by atoms with Crippen molar-refractivity contribution >= 4 is 5.91 Å². The highest BCUT2D eigenvalue weighted by Crippen LogP contribution is 2.48. The van der Waals surface area contributed by atoms with Gasteiger partial charge < -0.3 is 11.1 Å². The van der Waals surface area contributed by atoms with Gasteiger partial charge in [0.05, 0.1) is 5.54 Å². The zero-order chi connectivity index (χ0) is 15.2. The lowest BCUT2D eigenvalue weighted by Gasteiger charge is -2.29. The van der Waals surface area contributed by atoms with Crippen molar-refractivity contribution in [2.24, 2.45) is 17.6 Å². The standard InChI is InChI=1S/C16H20F2N2O/c1-16(8-19,10-3-4-10)20-15(21)12-7-11(12)9-2-5-13(17)14(18)6-9/h2,5-6,10-12H,3-4,7-8,19H2,1H3,(H,20,21). The third-order valence-corrected chi connectivity index (χ3v) is 4.81. The minimum Gasteiger partial charge on any atom is -0.349 e. The lowest BCUT2D eigenvalue weighted by atomic mass is 9.95. The highest BCUT2D eigenvalue weighted by molar-refractivity contribution is 5.83. The van der Waals surface area contributed by atoms with Gasteiger partial charge >= 0.3 is 0 Å². The van der Waals surface area contributed by atoms with Crippen molar-refractivity contribution in [1.29, 1.82) is 0 Å². The van der Waals surface area contributed by atoms with Crippen molar-refractivity contribution in [3.8, 4) is 0 Å². The van der Waals surface area contributed by atoms with Gasteiger partial charge in [0, 0.05) is 12.5 Å². The summed E-state index contributed by atoms with van der Waals surface area (Å²) in [4.78, 5) is 12.3. The summed E-state index contributed by atoms with van der Waals surface area (Å²) in [6, 6.07) is 3.86. The minimum absolute atomic E-state index is 0.0127. The van der Waals surface area contributed by atoms with Crippen LogP contribution in [0.15, 0.2) is 18.2 Å². The van der Waals surface area contributed by atoms with Crippen LogP contribution in [0.3, 0.4) is 0 Å². The molecule has 1 aromatic rings. The summed E-state index contributed by atoms with van der Waals surface area (Å²) in [5.74, 6) is -1.44. The maximum absolute atomic E-state index is 13.2. The Morgan fingerprint density at radius 2 is 2.10 bits per heavy atom. The zero-order valence-electron chi connectivity index (χ0n) is 12.0. The number of amides is 1. The molecule has 0 bridgehead atoms. The molecule has 5 heteroatoms. The van der Waals surface area contributed by atoms with Gasteiger partial charge in [-0.1, -0.05) is 6.07 Å². The Morgan fingerprint density at radius 1 is 1.38 bits per heavy atom. The van der Waals surface area contributed by atoms with Gasteiger partial charge in [0.25, 0.3) is 0 Å². The summed E-state index contributed by atoms with van der Waals surface area (Å²) in [7, 11) is 0. The fourth-order valence-electron chi connectivity index (χ4n) is 3.01. The number of halogens is 2. The number of nitrogens with one attached hydrogen (secondary N) is 1. The first-order chi connectivity index (χ1) is 9.94. The van der Waals surface area contributed by atoms with Gasteiger partial charge in [-0.05, 0) is 55.7 Å². The van der Waals surface area contributed by atoms with Gasteiger partial charge in [0.1, 0.15) is 0 Å². The van der Waals surface area contributed by atoms with Crippen LogP contribution in [-0.4, -0.2) is 18.0 Å². The second kappa shape index (κ2) is 5.05. The van der Waals surface area contributed by atoms with E-state index in [0.29, 0.717) is 24.4 Å². The first-order valence-corrected chi connectivity index (χ1v) is 7.41. The maximum atomic E-state index is 13.2. The van der Waals surface area contributed by atoms with E-state index in [1.165, 1.54) is 6.07 Å². The van der Waals surface area contributed by atoms with Crippen molar-refractivity contribution in [2.75, 3.05) is 6.54 Å². The molecule has 3 atom stereocenters. The van der Waals surface area contributed by atoms with Gasteiger partial charge in [-0.3, -0.25) is 4.79 Å². The molecular weight excluding hydrogens is 274 g/mol. The average molecular weight is 294 g/mol. The molecule has 0 heterocycles. The third kappa shape index (κ3) is 2.79. The lowest BCUT2D eigenvalue weighted by molar-refractivity contribution is -0.124. The third-order valence-electron chi connectivity index (χ3n) is 4.81. The second-order valence-corrected chi connectivity index (χ2v) is 6.51. The summed E-state index contributed by atoms with van der Waals surface area (Å²) in [5, 5.41) is 3.06. The fourth-order valence-corrected chi connectivity index (χ4v) is 3.01. The molecule has 2 aliphatic rings. The van der Waals surface area contributed by atoms with E-state index < -0.39 is 11.6 Å². The number of rotatable bonds is 5. The molecule has 0 aromatic heterocycles. The van der Waals surface area contributed by atoms with Gasteiger partial charge in [-0.25, -0.2) is 8.78 Å². The Morgan fingerprint density at radius 3 is 2.67 bits per heavy atom. The molecule has 3 nitrogen and oxygen atoms in total. The fraction of sp³-hybridized carbons (Fsp3) is 0.562. The number of hydrogen-bond acceptors (Lipinski definition) is 2. The van der Waals surface area contributed by atoms with Gasteiger partial charge in [-0.2, -0.15) is 0 Å². The van der Waals surface area contributed by atoms with Crippen LogP contribution in [0.4, 0.5) is 8.78 Å². The van der Waals surface area contributed by atoms with Crippen LogP contribution in [0.2, 0.25) is 0 Å². The molecule has 1 aromatic carbocycles. The molecule has 2 saturated carbocycles. The maximum Gasteiger partial charge on any atom is 0.224 e. The van der Waals surface area contributed by atoms with Crippen molar-refractivity contribution < 1.29 is 13.6 Å². The van der Waals surface area contributed by atoms with E-state index in [4.69, 9.17) is 5.73 Å². The SMILES string of the molecule is CC(CN)(NC(=O)C1CC1c1ccc(F)c(F)c1)C1CC1. The number of nitrogens with two attached hydrogens (primary N) is 1. The Hall–Kier alpha value is -1.49. The molecule has 3 unspecified atom stereocenters. The molecule has 2 fully saturated rings. The van der Waals surface area contributed by atoms with E-state index in [1.807, 2.05) is 6.92 Å². The van der Waals surface area contributed by atoms with Crippen molar-refractivity contribution in [3.05, 3.63) is 35.4 Å². The number of carbonyl (C=O) groups excluding carboxylic acids is 1. The Kier molecular flexibility index (Phi) is 3.48. The number of hydrogen-bond donors (Lipinski definition) is 2. The number of carbonyl (C=O) groups is 1. The minimum atomic E-state index is -0.858. The first kappa shape index (κ1) is 14.4. The van der Waals surface area contributed by atoms with E-state index >= 15 is 0 Å². The van der Waals surface area contributed by atoms with Crippen LogP contribution >= 0.6 is 0 Å². The Balaban J connectivity index is 1.64. The molecule has 0 saturated heterocycles. The summed E-state index contributed by atoms with van der Waals surface area (Å²) in [6.45, 7) is 2.41. The lowest BCUT2D eigenvalue weighted by Crippen LogP contribution is -2.53. The van der Waals surface area contributed by atoms with E-state index in [1.54, 1.807) is 6.07 Å². The summed E-state index contributed by atoms with van der Waals surface area (Å²) in [6.07, 6.45) is 2.89. The van der Waals surface area contributed by atoms with Gasteiger partial charge in [-0.15, -0.1) is 0 Å². The van der Waals surface area contributed by atoms with Crippen molar-refractivity contribution in [2.45, 2.75) is 37.6 Å². The highest BCUT2D eigenvalue weighted by atomic mass is 19.2. The zero-order valence-corrected chi connectivity index (χ0v) is 12.0. The largest absolute Gasteiger partial charge is 0.349 e. The Bertz CT molecular complexity index is 573. The van der Waals surface area contributed by atoms with Crippen LogP contribution in [0.5, 0.6) is 0 Å². The first-order valence-electron chi connectivity index (χ1n) is 7.41. The van der Waals surface area contributed by atoms with Crippen molar-refractivity contribution in [1.82, 2.24) is 5.32 Å². The molecule has 0 aliphatic heterocycles. The summed E-state index contributed by atoms with van der Waals surface area (Å²) < 4.78 is 26.2. The predicted octanol–water partition coefficient (Wildman–Crippen LogP) is 2.31. The van der Waals surface area contributed by atoms with Crippen LogP contribution in [0, 0.1) is 23.5 Å². The van der Waals surface area contributed by atoms with Gasteiger partial charge in [0.2, 0.25) is 5.91 Å². The molecule has 114 valence electrons. The summed E-state index contributed by atoms with van der Waals surface area (Å²) >= 11 is 0. The monoisotopic (exact) mass is 294 g/mol. The van der Waals surface area contributed by atoms with E-state index in [9.17, 15) is 13.6 Å². The van der Waals surface area contributed by atoms with E-state index in [0.717, 1.165) is 18.9 Å². The molecule has 1 amide bonds. The normalized spacial score (nSPS) is 27.0. The Labute approximate surface area is 122 Å². The molecular formula is C16H20F2N2O. The van der Waals surface area contributed by atoms with Gasteiger partial charge in [0.15, 0.2) is 11.6 Å². The van der Waals surface area contributed by atoms with Crippen LogP contribution < -0.4 is 11.1 Å². The molecule has 3 N–H and O–H groups in total. The number of benzene rings is 1. The molecule has 21 heavy (non-hydrogen) atoms.